The van der Waals surface area contributed by atoms with Crippen LogP contribution < -0.4 is 16.4 Å². The molecule has 1 fully saturated rings. The minimum absolute atomic E-state index is 0.0139. The number of hydrogen-bond acceptors (Lipinski definition) is 3. The van der Waals surface area contributed by atoms with Gasteiger partial charge in [-0.3, -0.25) is 9.59 Å². The van der Waals surface area contributed by atoms with Crippen LogP contribution >= 0.6 is 0 Å². The molecule has 1 aromatic carbocycles. The minimum atomic E-state index is -0.236. The average Bonchev–Trinajstić information content (AvgIpc) is 3.16. The van der Waals surface area contributed by atoms with Gasteiger partial charge in [0, 0.05) is 24.7 Å². The molecule has 102 valence electrons. The summed E-state index contributed by atoms with van der Waals surface area (Å²) >= 11 is 0. The lowest BCUT2D eigenvalue weighted by molar-refractivity contribution is -0.121. The van der Waals surface area contributed by atoms with Crippen molar-refractivity contribution in [1.29, 1.82) is 0 Å². The largest absolute Gasteiger partial charge is 0.398 e. The van der Waals surface area contributed by atoms with Gasteiger partial charge in [-0.2, -0.15) is 0 Å². The quantitative estimate of drug-likeness (QED) is 0.691. The van der Waals surface area contributed by atoms with Gasteiger partial charge in [0.15, 0.2) is 0 Å². The second-order valence-electron chi connectivity index (χ2n) is 4.94. The molecule has 19 heavy (non-hydrogen) atoms. The molecule has 0 radical (unpaired) electrons. The van der Waals surface area contributed by atoms with Crippen molar-refractivity contribution in [2.75, 3.05) is 12.3 Å². The summed E-state index contributed by atoms with van der Waals surface area (Å²) in [6.45, 7) is 2.23. The number of anilines is 1. The molecule has 0 bridgehead atoms. The molecule has 2 rings (SSSR count). The van der Waals surface area contributed by atoms with Crippen LogP contribution in [-0.2, 0) is 4.79 Å². The van der Waals surface area contributed by atoms with E-state index in [2.05, 4.69) is 10.6 Å². The van der Waals surface area contributed by atoms with E-state index in [9.17, 15) is 9.59 Å². The predicted octanol–water partition coefficient (Wildman–Crippen LogP) is 0.976. The highest BCUT2D eigenvalue weighted by Crippen LogP contribution is 2.18. The van der Waals surface area contributed by atoms with E-state index in [1.54, 1.807) is 12.1 Å². The number of hydrogen-bond donors (Lipinski definition) is 3. The zero-order valence-electron chi connectivity index (χ0n) is 11.0. The Morgan fingerprint density at radius 1 is 1.37 bits per heavy atom. The summed E-state index contributed by atoms with van der Waals surface area (Å²) in [6, 6.07) is 5.67. The summed E-state index contributed by atoms with van der Waals surface area (Å²) in [5.74, 6) is -0.250. The van der Waals surface area contributed by atoms with Gasteiger partial charge in [0.1, 0.15) is 0 Å². The molecule has 1 aliphatic carbocycles. The summed E-state index contributed by atoms with van der Waals surface area (Å²) in [5.41, 5.74) is 7.64. The van der Waals surface area contributed by atoms with Crippen molar-refractivity contribution in [1.82, 2.24) is 10.6 Å². The van der Waals surface area contributed by atoms with Crippen molar-refractivity contribution >= 4 is 17.5 Å². The molecule has 0 atom stereocenters. The fourth-order valence-corrected chi connectivity index (χ4v) is 1.78. The van der Waals surface area contributed by atoms with Gasteiger partial charge in [0.25, 0.3) is 5.91 Å². The molecule has 0 aliphatic heterocycles. The van der Waals surface area contributed by atoms with Crippen LogP contribution in [0.2, 0.25) is 0 Å². The van der Waals surface area contributed by atoms with Crippen molar-refractivity contribution in [3.8, 4) is 0 Å². The molecule has 0 saturated heterocycles. The molecule has 1 saturated carbocycles. The van der Waals surface area contributed by atoms with Gasteiger partial charge >= 0.3 is 0 Å². The molecule has 5 nitrogen and oxygen atoms in total. The molecule has 4 N–H and O–H groups in total. The van der Waals surface area contributed by atoms with Gasteiger partial charge in [-0.05, 0) is 31.9 Å². The van der Waals surface area contributed by atoms with Crippen LogP contribution in [0.5, 0.6) is 0 Å². The summed E-state index contributed by atoms with van der Waals surface area (Å²) in [5, 5.41) is 5.58. The van der Waals surface area contributed by atoms with Crippen LogP contribution in [0.15, 0.2) is 18.2 Å². The van der Waals surface area contributed by atoms with Gasteiger partial charge in [0.2, 0.25) is 5.91 Å². The number of rotatable bonds is 5. The fraction of sp³-hybridized carbons (Fsp3) is 0.429. The number of nitrogens with two attached hydrogens (primary N) is 1. The summed E-state index contributed by atoms with van der Waals surface area (Å²) in [6.07, 6.45) is 2.43. The third-order valence-electron chi connectivity index (χ3n) is 3.03. The first-order chi connectivity index (χ1) is 9.06. The first kappa shape index (κ1) is 13.4. The van der Waals surface area contributed by atoms with Crippen molar-refractivity contribution < 1.29 is 9.59 Å². The predicted molar refractivity (Wildman–Crippen MR) is 73.7 cm³/mol. The van der Waals surface area contributed by atoms with E-state index >= 15 is 0 Å². The molecular formula is C14H19N3O2. The number of aryl methyl sites for hydroxylation is 1. The Balaban J connectivity index is 1.80. The molecule has 0 spiro atoms. The topological polar surface area (TPSA) is 84.2 Å². The van der Waals surface area contributed by atoms with Crippen LogP contribution in [-0.4, -0.2) is 24.4 Å². The van der Waals surface area contributed by atoms with Gasteiger partial charge in [-0.1, -0.05) is 11.6 Å². The molecule has 1 aromatic rings. The minimum Gasteiger partial charge on any atom is -0.398 e. The van der Waals surface area contributed by atoms with E-state index in [0.29, 0.717) is 30.3 Å². The lowest BCUT2D eigenvalue weighted by atomic mass is 10.1. The standard InChI is InChI=1S/C14H19N3O2/c1-9-2-5-12(15)11(8-9)14(19)16-7-6-13(18)17-10-3-4-10/h2,5,8,10H,3-4,6-7,15H2,1H3,(H,16,19)(H,17,18). The Kier molecular flexibility index (Phi) is 4.04. The van der Waals surface area contributed by atoms with Crippen LogP contribution in [0.25, 0.3) is 0 Å². The smallest absolute Gasteiger partial charge is 0.253 e. The lowest BCUT2D eigenvalue weighted by Gasteiger charge is -2.08. The molecule has 2 amide bonds. The van der Waals surface area contributed by atoms with Crippen molar-refractivity contribution in [3.63, 3.8) is 0 Å². The van der Waals surface area contributed by atoms with E-state index in [-0.39, 0.29) is 11.8 Å². The third-order valence-corrected chi connectivity index (χ3v) is 3.03. The van der Waals surface area contributed by atoms with Crippen LogP contribution in [0.3, 0.4) is 0 Å². The van der Waals surface area contributed by atoms with Gasteiger partial charge in [-0.25, -0.2) is 0 Å². The van der Waals surface area contributed by atoms with E-state index in [1.807, 2.05) is 13.0 Å². The number of benzene rings is 1. The summed E-state index contributed by atoms with van der Waals surface area (Å²) in [4.78, 5) is 23.4. The first-order valence-corrected chi connectivity index (χ1v) is 6.50. The third kappa shape index (κ3) is 3.98. The number of amides is 2. The van der Waals surface area contributed by atoms with Crippen molar-refractivity contribution in [3.05, 3.63) is 29.3 Å². The molecule has 0 unspecified atom stereocenters. The lowest BCUT2D eigenvalue weighted by Crippen LogP contribution is -2.32. The average molecular weight is 261 g/mol. The maximum atomic E-state index is 11.9. The number of carbonyl (C=O) groups is 2. The fourth-order valence-electron chi connectivity index (χ4n) is 1.78. The van der Waals surface area contributed by atoms with E-state index in [4.69, 9.17) is 5.73 Å². The Morgan fingerprint density at radius 2 is 2.11 bits per heavy atom. The zero-order valence-corrected chi connectivity index (χ0v) is 11.0. The molecule has 1 aliphatic rings. The highest BCUT2D eigenvalue weighted by atomic mass is 16.2. The summed E-state index contributed by atoms with van der Waals surface area (Å²) in [7, 11) is 0. The number of carbonyl (C=O) groups excluding carboxylic acids is 2. The summed E-state index contributed by atoms with van der Waals surface area (Å²) < 4.78 is 0. The molecule has 5 heteroatoms. The Bertz CT molecular complexity index is 495. The van der Waals surface area contributed by atoms with E-state index < -0.39 is 0 Å². The first-order valence-electron chi connectivity index (χ1n) is 6.50. The Labute approximate surface area is 112 Å². The van der Waals surface area contributed by atoms with Crippen molar-refractivity contribution in [2.24, 2.45) is 0 Å². The SMILES string of the molecule is Cc1ccc(N)c(C(=O)NCCC(=O)NC2CC2)c1. The Morgan fingerprint density at radius 3 is 2.79 bits per heavy atom. The highest BCUT2D eigenvalue weighted by molar-refractivity contribution is 5.99. The van der Waals surface area contributed by atoms with Gasteiger partial charge < -0.3 is 16.4 Å². The van der Waals surface area contributed by atoms with E-state index in [1.165, 1.54) is 0 Å². The number of nitrogens with one attached hydrogen (secondary N) is 2. The highest BCUT2D eigenvalue weighted by Gasteiger charge is 2.22. The van der Waals surface area contributed by atoms with Crippen LogP contribution in [0.4, 0.5) is 5.69 Å². The second kappa shape index (κ2) is 5.73. The Hall–Kier alpha value is -2.04. The van der Waals surface area contributed by atoms with Crippen LogP contribution in [0, 0.1) is 6.92 Å². The monoisotopic (exact) mass is 261 g/mol. The maximum absolute atomic E-state index is 11.9. The maximum Gasteiger partial charge on any atom is 0.253 e. The molecule has 0 heterocycles. The van der Waals surface area contributed by atoms with Crippen molar-refractivity contribution in [2.45, 2.75) is 32.2 Å². The molecule has 0 aromatic heterocycles. The van der Waals surface area contributed by atoms with Gasteiger partial charge in [-0.15, -0.1) is 0 Å². The number of nitrogen functional groups attached to an aromatic ring is 1. The zero-order chi connectivity index (χ0) is 13.8. The van der Waals surface area contributed by atoms with Crippen LogP contribution in [0.1, 0.15) is 35.2 Å². The van der Waals surface area contributed by atoms with Gasteiger partial charge in [0.05, 0.1) is 5.56 Å². The normalized spacial score (nSPS) is 13.9. The second-order valence-corrected chi connectivity index (χ2v) is 4.94. The van der Waals surface area contributed by atoms with E-state index in [0.717, 1.165) is 18.4 Å². The molecular weight excluding hydrogens is 242 g/mol.